The number of piperazine rings is 1. The summed E-state index contributed by atoms with van der Waals surface area (Å²) in [5, 5.41) is 3.55. The quantitative estimate of drug-likeness (QED) is 0.640. The molecule has 0 bridgehead atoms. The first kappa shape index (κ1) is 23.9. The summed E-state index contributed by atoms with van der Waals surface area (Å²) in [7, 11) is 0. The van der Waals surface area contributed by atoms with Gasteiger partial charge in [-0.2, -0.15) is 0 Å². The number of carbonyl (C=O) groups is 2. The van der Waals surface area contributed by atoms with E-state index in [9.17, 15) is 9.59 Å². The van der Waals surface area contributed by atoms with Gasteiger partial charge in [0.2, 0.25) is 5.91 Å². The minimum absolute atomic E-state index is 0.00547. The molecule has 0 aliphatic carbocycles. The van der Waals surface area contributed by atoms with Crippen LogP contribution in [0.2, 0.25) is 5.02 Å². The number of rotatable bonds is 7. The number of hydrogen-bond donors (Lipinski definition) is 1. The summed E-state index contributed by atoms with van der Waals surface area (Å²) in [6, 6.07) is 12.6. The van der Waals surface area contributed by atoms with Crippen molar-refractivity contribution in [3.05, 3.63) is 53.1 Å². The van der Waals surface area contributed by atoms with E-state index < -0.39 is 0 Å². The highest BCUT2D eigenvalue weighted by atomic mass is 35.5. The lowest BCUT2D eigenvalue weighted by molar-refractivity contribution is -0.134. The molecule has 1 aliphatic heterocycles. The fraction of sp³-hybridized carbons (Fsp3) is 0.440. The van der Waals surface area contributed by atoms with Crippen LogP contribution in [-0.2, 0) is 4.79 Å². The summed E-state index contributed by atoms with van der Waals surface area (Å²) in [5.74, 6) is 1.14. The van der Waals surface area contributed by atoms with E-state index in [1.165, 1.54) is 0 Å². The predicted octanol–water partition coefficient (Wildman–Crippen LogP) is 4.93. The normalized spacial score (nSPS) is 14.1. The molecule has 0 radical (unpaired) electrons. The van der Waals surface area contributed by atoms with Gasteiger partial charge in [0.05, 0.1) is 18.0 Å². The van der Waals surface area contributed by atoms with Crippen LogP contribution in [0.5, 0.6) is 5.75 Å². The summed E-state index contributed by atoms with van der Waals surface area (Å²) in [6.45, 7) is 11.4. The number of amides is 2. The molecule has 0 unspecified atom stereocenters. The third-order valence-electron chi connectivity index (χ3n) is 5.33. The molecule has 7 heteroatoms. The van der Waals surface area contributed by atoms with Crippen molar-refractivity contribution in [2.24, 2.45) is 11.8 Å². The Labute approximate surface area is 195 Å². The number of anilines is 2. The Morgan fingerprint density at radius 1 is 1.00 bits per heavy atom. The molecule has 6 nitrogen and oxygen atoms in total. The molecule has 172 valence electrons. The van der Waals surface area contributed by atoms with Crippen molar-refractivity contribution < 1.29 is 14.3 Å². The van der Waals surface area contributed by atoms with E-state index in [0.29, 0.717) is 55.0 Å². The van der Waals surface area contributed by atoms with Gasteiger partial charge in [-0.25, -0.2) is 0 Å². The van der Waals surface area contributed by atoms with Crippen molar-refractivity contribution >= 4 is 34.8 Å². The van der Waals surface area contributed by atoms with E-state index >= 15 is 0 Å². The SMILES string of the molecule is CC(C)COc1ccc(C(=O)Nc2cc(Cl)ccc2N2CCN(C(=O)C(C)C)CC2)cc1. The maximum Gasteiger partial charge on any atom is 0.255 e. The van der Waals surface area contributed by atoms with Crippen molar-refractivity contribution in [3.8, 4) is 5.75 Å². The zero-order valence-corrected chi connectivity index (χ0v) is 20.0. The maximum atomic E-state index is 12.9. The zero-order valence-electron chi connectivity index (χ0n) is 19.2. The van der Waals surface area contributed by atoms with Gasteiger partial charge in [0.25, 0.3) is 5.91 Å². The largest absolute Gasteiger partial charge is 0.493 e. The summed E-state index contributed by atoms with van der Waals surface area (Å²) >= 11 is 6.23. The molecular weight excluding hydrogens is 426 g/mol. The van der Waals surface area contributed by atoms with Gasteiger partial charge >= 0.3 is 0 Å². The molecule has 3 rings (SSSR count). The molecular formula is C25H32ClN3O3. The smallest absolute Gasteiger partial charge is 0.255 e. The topological polar surface area (TPSA) is 61.9 Å². The van der Waals surface area contributed by atoms with E-state index in [2.05, 4.69) is 24.1 Å². The van der Waals surface area contributed by atoms with Gasteiger partial charge in [0.15, 0.2) is 0 Å². The Hall–Kier alpha value is -2.73. The van der Waals surface area contributed by atoms with E-state index in [1.54, 1.807) is 30.3 Å². The molecule has 1 heterocycles. The van der Waals surface area contributed by atoms with Gasteiger partial charge in [-0.1, -0.05) is 39.3 Å². The number of nitrogens with zero attached hydrogens (tertiary/aromatic N) is 2. The monoisotopic (exact) mass is 457 g/mol. The van der Waals surface area contributed by atoms with Gasteiger partial charge in [-0.15, -0.1) is 0 Å². The number of halogens is 1. The average Bonchev–Trinajstić information content (AvgIpc) is 2.77. The number of nitrogens with one attached hydrogen (secondary N) is 1. The zero-order chi connectivity index (χ0) is 23.3. The number of ether oxygens (including phenoxy) is 1. The van der Waals surface area contributed by atoms with Crippen LogP contribution in [0.1, 0.15) is 38.1 Å². The van der Waals surface area contributed by atoms with Gasteiger partial charge in [0.1, 0.15) is 5.75 Å². The highest BCUT2D eigenvalue weighted by Gasteiger charge is 2.24. The standard InChI is InChI=1S/C25H32ClN3O3/c1-17(2)16-32-21-8-5-19(6-9-21)24(30)27-22-15-20(26)7-10-23(22)28-11-13-29(14-12-28)25(31)18(3)4/h5-10,15,17-18H,11-14,16H2,1-4H3,(H,27,30). The van der Waals surface area contributed by atoms with Gasteiger partial charge in [-0.05, 0) is 48.4 Å². The third kappa shape index (κ3) is 6.16. The second-order valence-corrected chi connectivity index (χ2v) is 9.25. The second kappa shape index (κ2) is 10.7. The lowest BCUT2D eigenvalue weighted by Crippen LogP contribution is -2.50. The van der Waals surface area contributed by atoms with Crippen LogP contribution < -0.4 is 15.0 Å². The second-order valence-electron chi connectivity index (χ2n) is 8.81. The molecule has 2 aromatic carbocycles. The Morgan fingerprint density at radius 3 is 2.25 bits per heavy atom. The lowest BCUT2D eigenvalue weighted by atomic mass is 10.1. The van der Waals surface area contributed by atoms with Crippen molar-refractivity contribution in [3.63, 3.8) is 0 Å². The minimum Gasteiger partial charge on any atom is -0.493 e. The molecule has 0 aromatic heterocycles. The fourth-order valence-corrected chi connectivity index (χ4v) is 3.75. The van der Waals surface area contributed by atoms with Gasteiger partial charge in [0, 0.05) is 42.7 Å². The molecule has 1 N–H and O–H groups in total. The Kier molecular flexibility index (Phi) is 8.02. The van der Waals surface area contributed by atoms with E-state index in [0.717, 1.165) is 11.4 Å². The summed E-state index contributed by atoms with van der Waals surface area (Å²) < 4.78 is 5.69. The van der Waals surface area contributed by atoms with Crippen LogP contribution in [0.4, 0.5) is 11.4 Å². The molecule has 1 aliphatic rings. The molecule has 2 amide bonds. The van der Waals surface area contributed by atoms with Crippen molar-refractivity contribution in [1.29, 1.82) is 0 Å². The first-order valence-corrected chi connectivity index (χ1v) is 11.5. The van der Waals surface area contributed by atoms with Crippen LogP contribution in [0.25, 0.3) is 0 Å². The van der Waals surface area contributed by atoms with Crippen LogP contribution in [0.15, 0.2) is 42.5 Å². The van der Waals surface area contributed by atoms with Crippen LogP contribution >= 0.6 is 11.6 Å². The average molecular weight is 458 g/mol. The maximum absolute atomic E-state index is 12.9. The Bertz CT molecular complexity index is 936. The van der Waals surface area contributed by atoms with E-state index in [4.69, 9.17) is 16.3 Å². The molecule has 32 heavy (non-hydrogen) atoms. The van der Waals surface area contributed by atoms with Crippen molar-refractivity contribution in [2.75, 3.05) is 43.0 Å². The van der Waals surface area contributed by atoms with E-state index in [-0.39, 0.29) is 17.7 Å². The number of benzene rings is 2. The van der Waals surface area contributed by atoms with Crippen LogP contribution in [0.3, 0.4) is 0 Å². The molecule has 1 fully saturated rings. The highest BCUT2D eigenvalue weighted by Crippen LogP contribution is 2.31. The molecule has 0 spiro atoms. The van der Waals surface area contributed by atoms with Crippen LogP contribution in [0, 0.1) is 11.8 Å². The Morgan fingerprint density at radius 2 is 1.66 bits per heavy atom. The fourth-order valence-electron chi connectivity index (χ4n) is 3.58. The Balaban J connectivity index is 1.69. The first-order valence-electron chi connectivity index (χ1n) is 11.1. The lowest BCUT2D eigenvalue weighted by Gasteiger charge is -2.37. The highest BCUT2D eigenvalue weighted by molar-refractivity contribution is 6.31. The molecule has 0 atom stereocenters. The number of hydrogen-bond acceptors (Lipinski definition) is 4. The molecule has 2 aromatic rings. The predicted molar refractivity (Wildman–Crippen MR) is 130 cm³/mol. The third-order valence-corrected chi connectivity index (χ3v) is 5.57. The van der Waals surface area contributed by atoms with Crippen molar-refractivity contribution in [2.45, 2.75) is 27.7 Å². The van der Waals surface area contributed by atoms with Gasteiger partial charge in [-0.3, -0.25) is 9.59 Å². The van der Waals surface area contributed by atoms with Crippen LogP contribution in [-0.4, -0.2) is 49.5 Å². The molecule has 0 saturated carbocycles. The summed E-state index contributed by atoms with van der Waals surface area (Å²) in [4.78, 5) is 29.2. The van der Waals surface area contributed by atoms with E-state index in [1.807, 2.05) is 30.9 Å². The minimum atomic E-state index is -0.211. The number of carbonyl (C=O) groups excluding carboxylic acids is 2. The summed E-state index contributed by atoms with van der Waals surface area (Å²) in [5.41, 5.74) is 2.10. The van der Waals surface area contributed by atoms with Gasteiger partial charge < -0.3 is 19.9 Å². The molecule has 1 saturated heterocycles. The summed E-state index contributed by atoms with van der Waals surface area (Å²) in [6.07, 6.45) is 0. The van der Waals surface area contributed by atoms with Crippen molar-refractivity contribution in [1.82, 2.24) is 4.90 Å². The first-order chi connectivity index (χ1) is 15.2.